The molecule has 0 aliphatic carbocycles. The number of carbonyl (C=O) groups excluding carboxylic acids is 1. The second-order valence-electron chi connectivity index (χ2n) is 4.48. The zero-order valence-electron chi connectivity index (χ0n) is 11.6. The molecule has 5 nitrogen and oxygen atoms in total. The number of amides is 1. The Hall–Kier alpha value is -2.56. The Morgan fingerprint density at radius 1 is 1.25 bits per heavy atom. The largest absolute Gasteiger partial charge is 0.507 e. The van der Waals surface area contributed by atoms with Crippen LogP contribution in [0.25, 0.3) is 0 Å². The molecule has 1 aromatic heterocycles. The van der Waals surface area contributed by atoms with Crippen LogP contribution < -0.4 is 5.43 Å². The van der Waals surface area contributed by atoms with Crippen molar-refractivity contribution in [2.45, 2.75) is 20.8 Å². The Bertz CT molecular complexity index is 672. The summed E-state index contributed by atoms with van der Waals surface area (Å²) in [5.74, 6) is 1.01. The third-order valence-electron chi connectivity index (χ3n) is 2.90. The van der Waals surface area contributed by atoms with Crippen LogP contribution in [0.1, 0.15) is 34.4 Å². The van der Waals surface area contributed by atoms with Gasteiger partial charge in [0.15, 0.2) is 0 Å². The number of aromatic hydroxyl groups is 1. The zero-order valence-corrected chi connectivity index (χ0v) is 11.6. The van der Waals surface area contributed by atoms with Gasteiger partial charge >= 0.3 is 0 Å². The maximum Gasteiger partial charge on any atom is 0.274 e. The Balaban J connectivity index is 2.15. The average Bonchev–Trinajstić information content (AvgIpc) is 2.75. The Labute approximate surface area is 116 Å². The fraction of sp³-hybridized carbons (Fsp3) is 0.200. The smallest absolute Gasteiger partial charge is 0.274 e. The van der Waals surface area contributed by atoms with Crippen molar-refractivity contribution in [1.29, 1.82) is 0 Å². The van der Waals surface area contributed by atoms with Gasteiger partial charge in [-0.3, -0.25) is 4.79 Å². The van der Waals surface area contributed by atoms with E-state index in [4.69, 9.17) is 4.42 Å². The summed E-state index contributed by atoms with van der Waals surface area (Å²) < 4.78 is 5.30. The van der Waals surface area contributed by atoms with Crippen molar-refractivity contribution in [3.05, 3.63) is 53.0 Å². The van der Waals surface area contributed by atoms with E-state index in [1.54, 1.807) is 51.1 Å². The number of aryl methyl sites for hydroxylation is 2. The first-order valence-electron chi connectivity index (χ1n) is 6.19. The fourth-order valence-electron chi connectivity index (χ4n) is 1.89. The van der Waals surface area contributed by atoms with Gasteiger partial charge in [-0.25, -0.2) is 5.43 Å². The Morgan fingerprint density at radius 2 is 1.95 bits per heavy atom. The molecule has 1 aromatic carbocycles. The van der Waals surface area contributed by atoms with Gasteiger partial charge in [-0.05, 0) is 39.0 Å². The van der Waals surface area contributed by atoms with Gasteiger partial charge in [0, 0.05) is 5.56 Å². The molecule has 0 fully saturated rings. The lowest BCUT2D eigenvalue weighted by atomic mass is 10.1. The quantitative estimate of drug-likeness (QED) is 0.666. The van der Waals surface area contributed by atoms with E-state index in [-0.39, 0.29) is 11.7 Å². The number of furan rings is 1. The molecule has 1 heterocycles. The number of rotatable bonds is 3. The maximum atomic E-state index is 12.0. The molecule has 20 heavy (non-hydrogen) atoms. The topological polar surface area (TPSA) is 74.8 Å². The van der Waals surface area contributed by atoms with Crippen LogP contribution in [0.3, 0.4) is 0 Å². The van der Waals surface area contributed by atoms with Crippen LogP contribution >= 0.6 is 0 Å². The average molecular weight is 272 g/mol. The van der Waals surface area contributed by atoms with E-state index in [2.05, 4.69) is 10.5 Å². The molecule has 2 rings (SSSR count). The molecular weight excluding hydrogens is 256 g/mol. The fourth-order valence-corrected chi connectivity index (χ4v) is 1.89. The van der Waals surface area contributed by atoms with Crippen molar-refractivity contribution >= 4 is 11.6 Å². The lowest BCUT2D eigenvalue weighted by molar-refractivity contribution is 0.0953. The third-order valence-corrected chi connectivity index (χ3v) is 2.90. The molecule has 0 aliphatic rings. The maximum absolute atomic E-state index is 12.0. The second-order valence-corrected chi connectivity index (χ2v) is 4.48. The van der Waals surface area contributed by atoms with E-state index in [0.717, 1.165) is 0 Å². The SMILES string of the molecule is C/C(=N\NC(=O)c1cc(C)oc1C)c1ccccc1O. The molecular formula is C15H16N2O3. The lowest BCUT2D eigenvalue weighted by Gasteiger charge is -2.04. The molecule has 0 saturated heterocycles. The van der Waals surface area contributed by atoms with Crippen LogP contribution in [0, 0.1) is 13.8 Å². The minimum absolute atomic E-state index is 0.123. The summed E-state index contributed by atoms with van der Waals surface area (Å²) >= 11 is 0. The molecule has 0 unspecified atom stereocenters. The summed E-state index contributed by atoms with van der Waals surface area (Å²) in [6, 6.07) is 8.48. The van der Waals surface area contributed by atoms with E-state index in [9.17, 15) is 9.90 Å². The first kappa shape index (κ1) is 13.9. The Morgan fingerprint density at radius 3 is 2.55 bits per heavy atom. The standard InChI is InChI=1S/C15H16N2O3/c1-9-8-13(11(3)20-9)15(19)17-16-10(2)12-6-4-5-7-14(12)18/h4-8,18H,1-3H3,(H,17,19)/b16-10+. The highest BCUT2D eigenvalue weighted by Gasteiger charge is 2.13. The van der Waals surface area contributed by atoms with Crippen molar-refractivity contribution in [3.63, 3.8) is 0 Å². The predicted molar refractivity (Wildman–Crippen MR) is 76.0 cm³/mol. The number of hydrazone groups is 1. The Kier molecular flexibility index (Phi) is 3.89. The van der Waals surface area contributed by atoms with Gasteiger partial charge < -0.3 is 9.52 Å². The number of hydrogen-bond acceptors (Lipinski definition) is 4. The molecule has 0 saturated carbocycles. The number of benzene rings is 1. The monoisotopic (exact) mass is 272 g/mol. The van der Waals surface area contributed by atoms with Crippen molar-refractivity contribution in [2.75, 3.05) is 0 Å². The molecule has 1 amide bonds. The first-order chi connectivity index (χ1) is 9.49. The van der Waals surface area contributed by atoms with Gasteiger partial charge in [-0.15, -0.1) is 0 Å². The first-order valence-corrected chi connectivity index (χ1v) is 6.19. The number of para-hydroxylation sites is 1. The molecule has 0 bridgehead atoms. The second kappa shape index (κ2) is 5.61. The summed E-state index contributed by atoms with van der Waals surface area (Å²) in [6.07, 6.45) is 0. The summed E-state index contributed by atoms with van der Waals surface area (Å²) in [6.45, 7) is 5.21. The van der Waals surface area contributed by atoms with Gasteiger partial charge in [0.2, 0.25) is 0 Å². The predicted octanol–water partition coefficient (Wildman–Crippen LogP) is 2.76. The van der Waals surface area contributed by atoms with E-state index in [1.165, 1.54) is 0 Å². The van der Waals surface area contributed by atoms with E-state index >= 15 is 0 Å². The van der Waals surface area contributed by atoms with Gasteiger partial charge in [-0.1, -0.05) is 12.1 Å². The molecule has 104 valence electrons. The summed E-state index contributed by atoms with van der Waals surface area (Å²) in [5.41, 5.74) is 4.01. The van der Waals surface area contributed by atoms with Crippen LogP contribution in [-0.4, -0.2) is 16.7 Å². The van der Waals surface area contributed by atoms with E-state index in [1.807, 2.05) is 0 Å². The van der Waals surface area contributed by atoms with Crippen LogP contribution in [0.2, 0.25) is 0 Å². The van der Waals surface area contributed by atoms with Gasteiger partial charge in [-0.2, -0.15) is 5.10 Å². The van der Waals surface area contributed by atoms with Crippen LogP contribution in [0.4, 0.5) is 0 Å². The zero-order chi connectivity index (χ0) is 14.7. The van der Waals surface area contributed by atoms with E-state index < -0.39 is 0 Å². The molecule has 0 spiro atoms. The minimum Gasteiger partial charge on any atom is -0.507 e. The molecule has 0 atom stereocenters. The van der Waals surface area contributed by atoms with Gasteiger partial charge in [0.25, 0.3) is 5.91 Å². The number of hydrogen-bond donors (Lipinski definition) is 2. The minimum atomic E-state index is -0.339. The van der Waals surface area contributed by atoms with Gasteiger partial charge in [0.05, 0.1) is 11.3 Å². The molecule has 0 radical (unpaired) electrons. The normalized spacial score (nSPS) is 11.4. The number of nitrogens with one attached hydrogen (secondary N) is 1. The van der Waals surface area contributed by atoms with Crippen molar-refractivity contribution in [3.8, 4) is 5.75 Å². The van der Waals surface area contributed by atoms with Crippen molar-refractivity contribution in [2.24, 2.45) is 5.10 Å². The number of phenols is 1. The van der Waals surface area contributed by atoms with Crippen molar-refractivity contribution in [1.82, 2.24) is 5.43 Å². The van der Waals surface area contributed by atoms with Gasteiger partial charge in [0.1, 0.15) is 17.3 Å². The number of carbonyl (C=O) groups is 1. The van der Waals surface area contributed by atoms with Crippen LogP contribution in [-0.2, 0) is 0 Å². The number of nitrogens with zero attached hydrogens (tertiary/aromatic N) is 1. The summed E-state index contributed by atoms with van der Waals surface area (Å²) in [7, 11) is 0. The van der Waals surface area contributed by atoms with Crippen molar-refractivity contribution < 1.29 is 14.3 Å². The highest BCUT2D eigenvalue weighted by molar-refractivity contribution is 6.02. The molecule has 2 N–H and O–H groups in total. The van der Waals surface area contributed by atoms with Crippen LogP contribution in [0.15, 0.2) is 39.9 Å². The summed E-state index contributed by atoms with van der Waals surface area (Å²) in [4.78, 5) is 12.0. The highest BCUT2D eigenvalue weighted by Crippen LogP contribution is 2.16. The molecule has 5 heteroatoms. The third kappa shape index (κ3) is 2.88. The molecule has 2 aromatic rings. The summed E-state index contributed by atoms with van der Waals surface area (Å²) in [5, 5.41) is 13.7. The number of phenolic OH excluding ortho intramolecular Hbond substituents is 1. The highest BCUT2D eigenvalue weighted by atomic mass is 16.3. The van der Waals surface area contributed by atoms with Crippen LogP contribution in [0.5, 0.6) is 5.75 Å². The lowest BCUT2D eigenvalue weighted by Crippen LogP contribution is -2.19. The van der Waals surface area contributed by atoms with E-state index in [0.29, 0.717) is 28.4 Å². The molecule has 0 aliphatic heterocycles.